The van der Waals surface area contributed by atoms with Crippen molar-refractivity contribution >= 4 is 22.0 Å². The van der Waals surface area contributed by atoms with E-state index in [1.54, 1.807) is 7.05 Å². The predicted molar refractivity (Wildman–Crippen MR) is 99.1 cm³/mol. The molecule has 0 amide bonds. The second kappa shape index (κ2) is 11.4. The van der Waals surface area contributed by atoms with Crippen LogP contribution in [0.3, 0.4) is 0 Å². The number of halogens is 3. The van der Waals surface area contributed by atoms with Crippen LogP contribution in [0.25, 0.3) is 0 Å². The van der Waals surface area contributed by atoms with Gasteiger partial charge in [-0.15, -0.1) is 0 Å². The number of carbonyl (C=O) groups excluding carboxylic acids is 1. The van der Waals surface area contributed by atoms with Crippen molar-refractivity contribution in [3.63, 3.8) is 0 Å². The predicted octanol–water partition coefficient (Wildman–Crippen LogP) is 1.45. The average Bonchev–Trinajstić information content (AvgIpc) is 2.66. The summed E-state index contributed by atoms with van der Waals surface area (Å²) in [5, 5.41) is 6.25. The second-order valence-electron chi connectivity index (χ2n) is 6.56. The summed E-state index contributed by atoms with van der Waals surface area (Å²) >= 11 is 0. The van der Waals surface area contributed by atoms with Crippen LogP contribution >= 0.6 is 0 Å². The molecule has 1 fully saturated rings. The van der Waals surface area contributed by atoms with Gasteiger partial charge in [-0.25, -0.2) is 8.42 Å². The summed E-state index contributed by atoms with van der Waals surface area (Å²) in [6.45, 7) is 0.895. The number of nitrogens with one attached hydrogen (secondary N) is 2. The van der Waals surface area contributed by atoms with Gasteiger partial charge in [0.05, 0.1) is 7.11 Å². The van der Waals surface area contributed by atoms with E-state index in [1.165, 1.54) is 7.11 Å². The number of methoxy groups -OCH3 is 1. The molecule has 0 aromatic rings. The van der Waals surface area contributed by atoms with Gasteiger partial charge in [0, 0.05) is 39.6 Å². The molecule has 0 aromatic carbocycles. The molecule has 1 aliphatic rings. The number of aliphatic imine (C=N–C) groups is 1. The number of alkyl halides is 3. The largest absolute Gasteiger partial charge is 0.511 e. The lowest BCUT2D eigenvalue weighted by molar-refractivity contribution is -0.140. The quantitative estimate of drug-likeness (QED) is 0.249. The van der Waals surface area contributed by atoms with Crippen LogP contribution in [-0.2, 0) is 19.6 Å². The zero-order valence-electron chi connectivity index (χ0n) is 16.2. The molecule has 2 N–H and O–H groups in total. The van der Waals surface area contributed by atoms with Gasteiger partial charge in [0.15, 0.2) is 5.96 Å². The molecule has 1 rings (SSSR count). The first-order chi connectivity index (χ1) is 13.1. The Kier molecular flexibility index (Phi) is 10.0. The summed E-state index contributed by atoms with van der Waals surface area (Å²) in [5.41, 5.74) is -5.25. The smallest absolute Gasteiger partial charge is 0.469 e. The standard InChI is InChI=1S/C16H29F3N4O4S/c1-20-15(21-9-5-3-4-6-14(24)27-2)22-12-13-7-10-23(11-8-13)28(25,26)16(17,18)19/h13H,3-12H2,1-2H3,(H2,20,21,22). The molecule has 0 bridgehead atoms. The topological polar surface area (TPSA) is 100 Å². The Bertz CT molecular complexity index is 618. The van der Waals surface area contributed by atoms with Crippen molar-refractivity contribution < 1.29 is 31.1 Å². The third-order valence-electron chi connectivity index (χ3n) is 4.57. The number of nitrogens with zero attached hydrogens (tertiary/aromatic N) is 2. The summed E-state index contributed by atoms with van der Waals surface area (Å²) < 4.78 is 65.6. The van der Waals surface area contributed by atoms with E-state index >= 15 is 0 Å². The lowest BCUT2D eigenvalue weighted by atomic mass is 9.98. The van der Waals surface area contributed by atoms with Crippen LogP contribution in [0.4, 0.5) is 13.2 Å². The van der Waals surface area contributed by atoms with Gasteiger partial charge in [0.2, 0.25) is 0 Å². The van der Waals surface area contributed by atoms with E-state index in [-0.39, 0.29) is 25.0 Å². The molecule has 0 radical (unpaired) electrons. The Labute approximate surface area is 163 Å². The molecule has 28 heavy (non-hydrogen) atoms. The number of hydrogen-bond acceptors (Lipinski definition) is 5. The number of guanidine groups is 1. The fraction of sp³-hybridized carbons (Fsp3) is 0.875. The highest BCUT2D eigenvalue weighted by Gasteiger charge is 2.50. The molecule has 8 nitrogen and oxygen atoms in total. The van der Waals surface area contributed by atoms with Crippen LogP contribution in [0, 0.1) is 5.92 Å². The number of sulfonamides is 1. The Morgan fingerprint density at radius 2 is 1.82 bits per heavy atom. The summed E-state index contributed by atoms with van der Waals surface area (Å²) in [4.78, 5) is 15.1. The molecule has 0 aromatic heterocycles. The van der Waals surface area contributed by atoms with E-state index in [1.807, 2.05) is 0 Å². The summed E-state index contributed by atoms with van der Waals surface area (Å²) in [7, 11) is -2.26. The Hall–Kier alpha value is -1.56. The monoisotopic (exact) mass is 430 g/mol. The van der Waals surface area contributed by atoms with E-state index in [2.05, 4.69) is 20.4 Å². The van der Waals surface area contributed by atoms with Gasteiger partial charge < -0.3 is 15.4 Å². The molecule has 0 aliphatic carbocycles. The van der Waals surface area contributed by atoms with Gasteiger partial charge in [-0.3, -0.25) is 9.79 Å². The zero-order valence-corrected chi connectivity index (χ0v) is 17.0. The SMILES string of the molecule is CN=C(NCCCCCC(=O)OC)NCC1CCN(S(=O)(=O)C(F)(F)F)CC1. The van der Waals surface area contributed by atoms with Crippen molar-refractivity contribution in [2.24, 2.45) is 10.9 Å². The maximum absolute atomic E-state index is 12.6. The Morgan fingerprint density at radius 3 is 2.36 bits per heavy atom. The molecule has 1 saturated heterocycles. The Morgan fingerprint density at radius 1 is 1.18 bits per heavy atom. The van der Waals surface area contributed by atoms with Crippen LogP contribution < -0.4 is 10.6 Å². The van der Waals surface area contributed by atoms with Crippen LogP contribution in [0.1, 0.15) is 38.5 Å². The maximum Gasteiger partial charge on any atom is 0.511 e. The fourth-order valence-corrected chi connectivity index (χ4v) is 3.83. The zero-order chi connectivity index (χ0) is 21.2. The highest BCUT2D eigenvalue weighted by Crippen LogP contribution is 2.30. The highest BCUT2D eigenvalue weighted by molar-refractivity contribution is 7.90. The second-order valence-corrected chi connectivity index (χ2v) is 8.49. The van der Waals surface area contributed by atoms with Crippen molar-refractivity contribution in [2.75, 3.05) is 40.3 Å². The van der Waals surface area contributed by atoms with Crippen LogP contribution in [0.2, 0.25) is 0 Å². The molecule has 0 atom stereocenters. The highest BCUT2D eigenvalue weighted by atomic mass is 32.2. The summed E-state index contributed by atoms with van der Waals surface area (Å²) in [5.74, 6) is 0.427. The number of rotatable bonds is 9. The van der Waals surface area contributed by atoms with Crippen molar-refractivity contribution in [3.05, 3.63) is 0 Å². The van der Waals surface area contributed by atoms with Gasteiger partial charge in [-0.2, -0.15) is 17.5 Å². The van der Waals surface area contributed by atoms with E-state index in [0.29, 0.717) is 42.6 Å². The first-order valence-electron chi connectivity index (χ1n) is 9.19. The third-order valence-corrected chi connectivity index (χ3v) is 6.20. The van der Waals surface area contributed by atoms with Crippen LogP contribution in [0.5, 0.6) is 0 Å². The first kappa shape index (κ1) is 24.5. The third kappa shape index (κ3) is 7.82. The van der Waals surface area contributed by atoms with E-state index in [9.17, 15) is 26.4 Å². The number of ether oxygens (including phenoxy) is 1. The lowest BCUT2D eigenvalue weighted by Crippen LogP contribution is -2.47. The van der Waals surface area contributed by atoms with E-state index in [0.717, 1.165) is 19.3 Å². The molecular formula is C16H29F3N4O4S. The summed E-state index contributed by atoms with van der Waals surface area (Å²) in [6, 6.07) is 0. The van der Waals surface area contributed by atoms with Crippen molar-refractivity contribution in [2.45, 2.75) is 44.0 Å². The Balaban J connectivity index is 2.24. The number of piperidine rings is 1. The van der Waals surface area contributed by atoms with Gasteiger partial charge in [0.1, 0.15) is 0 Å². The van der Waals surface area contributed by atoms with Gasteiger partial charge in [0.25, 0.3) is 0 Å². The van der Waals surface area contributed by atoms with E-state index in [4.69, 9.17) is 0 Å². The molecule has 0 saturated carbocycles. The minimum Gasteiger partial charge on any atom is -0.469 e. The number of hydrogen-bond donors (Lipinski definition) is 2. The minimum atomic E-state index is -5.25. The van der Waals surface area contributed by atoms with Gasteiger partial charge in [-0.05, 0) is 31.6 Å². The van der Waals surface area contributed by atoms with Crippen molar-refractivity contribution in [3.8, 4) is 0 Å². The van der Waals surface area contributed by atoms with Crippen LogP contribution in [0.15, 0.2) is 4.99 Å². The van der Waals surface area contributed by atoms with Crippen molar-refractivity contribution in [1.82, 2.24) is 14.9 Å². The fourth-order valence-electron chi connectivity index (χ4n) is 2.84. The molecule has 0 spiro atoms. The maximum atomic E-state index is 12.6. The minimum absolute atomic E-state index is 0.0679. The summed E-state index contributed by atoms with van der Waals surface area (Å²) in [6.07, 6.45) is 3.57. The van der Waals surface area contributed by atoms with Gasteiger partial charge >= 0.3 is 21.5 Å². The number of unbranched alkanes of at least 4 members (excludes halogenated alkanes) is 2. The molecular weight excluding hydrogens is 401 g/mol. The van der Waals surface area contributed by atoms with Crippen molar-refractivity contribution in [1.29, 1.82) is 0 Å². The normalized spacial score (nSPS) is 17.4. The average molecular weight is 430 g/mol. The first-order valence-corrected chi connectivity index (χ1v) is 10.6. The molecule has 12 heteroatoms. The lowest BCUT2D eigenvalue weighted by Gasteiger charge is -2.31. The number of esters is 1. The molecule has 164 valence electrons. The van der Waals surface area contributed by atoms with Gasteiger partial charge in [-0.1, -0.05) is 6.42 Å². The van der Waals surface area contributed by atoms with Crippen LogP contribution in [-0.4, -0.2) is 70.5 Å². The van der Waals surface area contributed by atoms with E-state index < -0.39 is 15.5 Å². The molecule has 1 heterocycles. The number of carbonyl (C=O) groups is 1. The molecule has 0 unspecified atom stereocenters. The molecule has 1 aliphatic heterocycles.